The van der Waals surface area contributed by atoms with E-state index in [1.807, 2.05) is 0 Å². The monoisotopic (exact) mass is 263 g/mol. The second-order valence-corrected chi connectivity index (χ2v) is 5.37. The van der Waals surface area contributed by atoms with E-state index in [1.54, 1.807) is 6.92 Å². The van der Waals surface area contributed by atoms with Gasteiger partial charge in [0, 0.05) is 5.92 Å². The zero-order chi connectivity index (χ0) is 14.0. The minimum absolute atomic E-state index is 0.0339. The van der Waals surface area contributed by atoms with Gasteiger partial charge in [-0.3, -0.25) is 0 Å². The highest BCUT2D eigenvalue weighted by molar-refractivity contribution is 5.93. The van der Waals surface area contributed by atoms with Crippen LogP contribution in [0.15, 0.2) is 0 Å². The first kappa shape index (κ1) is 13.8. The lowest BCUT2D eigenvalue weighted by molar-refractivity contribution is 0.0696. The summed E-state index contributed by atoms with van der Waals surface area (Å²) in [6.07, 6.45) is 5.79. The summed E-state index contributed by atoms with van der Waals surface area (Å²) in [5, 5.41) is 9.07. The number of nitrogens with two attached hydrogens (primary N) is 1. The minimum atomic E-state index is -1.06. The third-order valence-corrected chi connectivity index (χ3v) is 4.07. The topological polar surface area (TPSA) is 89.1 Å². The van der Waals surface area contributed by atoms with Crippen molar-refractivity contribution in [1.29, 1.82) is 0 Å². The highest BCUT2D eigenvalue weighted by atomic mass is 16.4. The van der Waals surface area contributed by atoms with Crippen LogP contribution in [-0.2, 0) is 0 Å². The van der Waals surface area contributed by atoms with Crippen LogP contribution in [0.3, 0.4) is 0 Å². The normalized spacial score (nSPS) is 23.3. The van der Waals surface area contributed by atoms with E-state index in [9.17, 15) is 4.79 Å². The first-order valence-electron chi connectivity index (χ1n) is 6.90. The Morgan fingerprint density at radius 1 is 1.42 bits per heavy atom. The van der Waals surface area contributed by atoms with Gasteiger partial charge in [0.15, 0.2) is 0 Å². The molecule has 5 nitrogen and oxygen atoms in total. The molecule has 0 aliphatic heterocycles. The number of aryl methyl sites for hydroxylation is 1. The number of hydrogen-bond acceptors (Lipinski definition) is 4. The summed E-state index contributed by atoms with van der Waals surface area (Å²) < 4.78 is 0. The lowest BCUT2D eigenvalue weighted by Gasteiger charge is -2.27. The van der Waals surface area contributed by atoms with Crippen molar-refractivity contribution in [2.75, 3.05) is 5.73 Å². The Balaban J connectivity index is 2.28. The third-order valence-electron chi connectivity index (χ3n) is 4.07. The van der Waals surface area contributed by atoms with E-state index in [0.717, 1.165) is 24.6 Å². The van der Waals surface area contributed by atoms with Gasteiger partial charge in [-0.2, -0.15) is 0 Å². The maximum absolute atomic E-state index is 11.1. The molecule has 0 aromatic carbocycles. The molecule has 104 valence electrons. The van der Waals surface area contributed by atoms with Crippen LogP contribution in [-0.4, -0.2) is 21.0 Å². The number of carbonyl (C=O) groups is 1. The number of anilines is 1. The molecule has 2 rings (SSSR count). The molecular formula is C14H21N3O2. The van der Waals surface area contributed by atoms with Crippen molar-refractivity contribution in [3.05, 3.63) is 17.1 Å². The van der Waals surface area contributed by atoms with E-state index >= 15 is 0 Å². The van der Waals surface area contributed by atoms with Crippen molar-refractivity contribution in [2.24, 2.45) is 5.92 Å². The van der Waals surface area contributed by atoms with Crippen LogP contribution in [0.1, 0.15) is 66.8 Å². The van der Waals surface area contributed by atoms with Gasteiger partial charge in [-0.1, -0.05) is 26.2 Å². The predicted octanol–water partition coefficient (Wildman–Crippen LogP) is 2.75. The molecule has 1 aliphatic carbocycles. The standard InChI is InChI=1S/C14H21N3O2/c1-3-9-5-4-6-10(7-9)13-16-8(2)11(14(18)19)12(15)17-13/h9-10H,3-7H2,1-2H3,(H,18,19)(H2,15,16,17). The Morgan fingerprint density at radius 3 is 2.74 bits per heavy atom. The summed E-state index contributed by atoms with van der Waals surface area (Å²) in [5.41, 5.74) is 6.27. The van der Waals surface area contributed by atoms with Crippen LogP contribution >= 0.6 is 0 Å². The van der Waals surface area contributed by atoms with Crippen molar-refractivity contribution in [3.63, 3.8) is 0 Å². The van der Waals surface area contributed by atoms with Gasteiger partial charge in [-0.05, 0) is 25.7 Å². The first-order chi connectivity index (χ1) is 9.02. The molecule has 2 unspecified atom stereocenters. The van der Waals surface area contributed by atoms with Gasteiger partial charge in [0.1, 0.15) is 17.2 Å². The molecule has 19 heavy (non-hydrogen) atoms. The molecule has 1 aromatic heterocycles. The molecule has 0 bridgehead atoms. The van der Waals surface area contributed by atoms with Crippen LogP contribution in [0.4, 0.5) is 5.82 Å². The number of carboxylic acids is 1. The fourth-order valence-electron chi connectivity index (χ4n) is 2.96. The van der Waals surface area contributed by atoms with Gasteiger partial charge in [-0.25, -0.2) is 14.8 Å². The lowest BCUT2D eigenvalue weighted by Crippen LogP contribution is -2.18. The van der Waals surface area contributed by atoms with Crippen LogP contribution in [0.2, 0.25) is 0 Å². The minimum Gasteiger partial charge on any atom is -0.477 e. The molecule has 3 N–H and O–H groups in total. The summed E-state index contributed by atoms with van der Waals surface area (Å²) >= 11 is 0. The number of carboxylic acid groups (broad SMARTS) is 1. The van der Waals surface area contributed by atoms with Crippen LogP contribution < -0.4 is 5.73 Å². The van der Waals surface area contributed by atoms with E-state index in [1.165, 1.54) is 19.3 Å². The molecule has 1 heterocycles. The van der Waals surface area contributed by atoms with Gasteiger partial charge in [-0.15, -0.1) is 0 Å². The average molecular weight is 263 g/mol. The van der Waals surface area contributed by atoms with E-state index in [0.29, 0.717) is 11.6 Å². The number of aromatic nitrogens is 2. The van der Waals surface area contributed by atoms with Crippen molar-refractivity contribution < 1.29 is 9.90 Å². The first-order valence-corrected chi connectivity index (χ1v) is 6.90. The van der Waals surface area contributed by atoms with Crippen LogP contribution in [0.5, 0.6) is 0 Å². The van der Waals surface area contributed by atoms with E-state index < -0.39 is 5.97 Å². The molecule has 1 fully saturated rings. The Kier molecular flexibility index (Phi) is 4.02. The maximum Gasteiger partial charge on any atom is 0.341 e. The summed E-state index contributed by atoms with van der Waals surface area (Å²) in [7, 11) is 0. The molecule has 0 saturated heterocycles. The summed E-state index contributed by atoms with van der Waals surface area (Å²) in [5.74, 6) is 0.800. The van der Waals surface area contributed by atoms with Gasteiger partial charge >= 0.3 is 5.97 Å². The molecule has 1 aliphatic rings. The van der Waals surface area contributed by atoms with E-state index in [2.05, 4.69) is 16.9 Å². The van der Waals surface area contributed by atoms with Crippen LogP contribution in [0.25, 0.3) is 0 Å². The van der Waals surface area contributed by atoms with Crippen LogP contribution in [0, 0.1) is 12.8 Å². The zero-order valence-electron chi connectivity index (χ0n) is 11.5. The molecule has 5 heteroatoms. The molecule has 1 aromatic rings. The SMILES string of the molecule is CCC1CCCC(c2nc(C)c(C(=O)O)c(N)n2)C1. The molecule has 2 atom stereocenters. The molecule has 0 radical (unpaired) electrons. The smallest absolute Gasteiger partial charge is 0.341 e. The Bertz CT molecular complexity index is 465. The fourth-order valence-corrected chi connectivity index (χ4v) is 2.96. The fraction of sp³-hybridized carbons (Fsp3) is 0.643. The van der Waals surface area contributed by atoms with E-state index in [4.69, 9.17) is 10.8 Å². The maximum atomic E-state index is 11.1. The second kappa shape index (κ2) is 5.55. The van der Waals surface area contributed by atoms with Crippen molar-refractivity contribution >= 4 is 11.8 Å². The molecule has 0 amide bonds. The van der Waals surface area contributed by atoms with Gasteiger partial charge in [0.2, 0.25) is 0 Å². The number of nitrogens with zero attached hydrogens (tertiary/aromatic N) is 2. The third kappa shape index (κ3) is 2.85. The van der Waals surface area contributed by atoms with Gasteiger partial charge < -0.3 is 10.8 Å². The largest absolute Gasteiger partial charge is 0.477 e. The van der Waals surface area contributed by atoms with Crippen molar-refractivity contribution in [2.45, 2.75) is 51.9 Å². The average Bonchev–Trinajstić information content (AvgIpc) is 2.37. The number of rotatable bonds is 3. The summed E-state index contributed by atoms with van der Waals surface area (Å²) in [4.78, 5) is 19.7. The highest BCUT2D eigenvalue weighted by Crippen LogP contribution is 2.36. The Morgan fingerprint density at radius 2 is 2.16 bits per heavy atom. The highest BCUT2D eigenvalue weighted by Gasteiger charge is 2.26. The summed E-state index contributed by atoms with van der Waals surface area (Å²) in [6, 6.07) is 0. The Labute approximate surface area is 113 Å². The quantitative estimate of drug-likeness (QED) is 0.875. The molecule has 1 saturated carbocycles. The van der Waals surface area contributed by atoms with Gasteiger partial charge in [0.25, 0.3) is 0 Å². The molecular weight excluding hydrogens is 242 g/mol. The lowest BCUT2D eigenvalue weighted by atomic mass is 9.80. The second-order valence-electron chi connectivity index (χ2n) is 5.37. The zero-order valence-corrected chi connectivity index (χ0v) is 11.5. The predicted molar refractivity (Wildman–Crippen MR) is 73.1 cm³/mol. The molecule has 0 spiro atoms. The van der Waals surface area contributed by atoms with Gasteiger partial charge in [0.05, 0.1) is 5.69 Å². The number of nitrogen functional groups attached to an aromatic ring is 1. The Hall–Kier alpha value is -1.65. The summed E-state index contributed by atoms with van der Waals surface area (Å²) in [6.45, 7) is 3.90. The van der Waals surface area contributed by atoms with E-state index in [-0.39, 0.29) is 11.4 Å². The number of hydrogen-bond donors (Lipinski definition) is 2. The van der Waals surface area contributed by atoms with Crippen molar-refractivity contribution in [1.82, 2.24) is 9.97 Å². The van der Waals surface area contributed by atoms with Crippen molar-refractivity contribution in [3.8, 4) is 0 Å². The number of aromatic carboxylic acids is 1.